The first-order chi connectivity index (χ1) is 13.9. The zero-order valence-corrected chi connectivity index (χ0v) is 17.9. The topological polar surface area (TPSA) is 79.0 Å². The van der Waals surface area contributed by atoms with Gasteiger partial charge in [-0.25, -0.2) is 8.42 Å². The van der Waals surface area contributed by atoms with Crippen molar-refractivity contribution in [2.45, 2.75) is 22.0 Å². The summed E-state index contributed by atoms with van der Waals surface area (Å²) in [6.07, 6.45) is 0. The number of thioether (sulfide) groups is 1. The number of rotatable bonds is 4. The van der Waals surface area contributed by atoms with Gasteiger partial charge >= 0.3 is 0 Å². The third kappa shape index (κ3) is 3.94. The van der Waals surface area contributed by atoms with Gasteiger partial charge in [0.2, 0.25) is 15.9 Å². The molecule has 0 radical (unpaired) electrons. The number of amides is 1. The number of hydrogen-bond acceptors (Lipinski definition) is 6. The number of hydrogen-bond donors (Lipinski definition) is 1. The molecule has 1 amide bonds. The number of carbonyl (C=O) groups is 1. The summed E-state index contributed by atoms with van der Waals surface area (Å²) in [6, 6.07) is 12.7. The minimum Gasteiger partial charge on any atom is -0.497 e. The van der Waals surface area contributed by atoms with Crippen molar-refractivity contribution in [2.75, 3.05) is 43.5 Å². The number of nitrogens with one attached hydrogen (secondary N) is 1. The van der Waals surface area contributed by atoms with Crippen LogP contribution in [-0.4, -0.2) is 57.2 Å². The summed E-state index contributed by atoms with van der Waals surface area (Å²) in [6.45, 7) is 3.82. The van der Waals surface area contributed by atoms with E-state index in [1.807, 2.05) is 31.2 Å². The molecule has 2 aliphatic heterocycles. The summed E-state index contributed by atoms with van der Waals surface area (Å²) in [7, 11) is -1.99. The fourth-order valence-electron chi connectivity index (χ4n) is 3.49. The average molecular weight is 434 g/mol. The molecule has 1 N–H and O–H groups in total. The van der Waals surface area contributed by atoms with Crippen LogP contribution in [0.15, 0.2) is 52.3 Å². The smallest absolute Gasteiger partial charge is 0.243 e. The molecular weight excluding hydrogens is 410 g/mol. The maximum atomic E-state index is 13.1. The van der Waals surface area contributed by atoms with E-state index >= 15 is 0 Å². The van der Waals surface area contributed by atoms with E-state index in [-0.39, 0.29) is 16.1 Å². The van der Waals surface area contributed by atoms with Crippen molar-refractivity contribution in [3.05, 3.63) is 42.5 Å². The number of nitrogens with zero attached hydrogens (tertiary/aromatic N) is 2. The van der Waals surface area contributed by atoms with Gasteiger partial charge in [-0.2, -0.15) is 4.31 Å². The van der Waals surface area contributed by atoms with Crippen LogP contribution in [0.3, 0.4) is 0 Å². The Labute approximate surface area is 175 Å². The second kappa shape index (κ2) is 7.89. The molecule has 2 aromatic rings. The molecule has 2 aromatic carbocycles. The molecule has 1 fully saturated rings. The molecule has 0 saturated carbocycles. The highest BCUT2D eigenvalue weighted by Crippen LogP contribution is 2.37. The molecular formula is C20H23N3O4S2. The van der Waals surface area contributed by atoms with Gasteiger partial charge in [0, 0.05) is 42.8 Å². The maximum absolute atomic E-state index is 13.1. The van der Waals surface area contributed by atoms with Crippen molar-refractivity contribution in [3.63, 3.8) is 0 Å². The van der Waals surface area contributed by atoms with E-state index in [1.54, 1.807) is 25.3 Å². The summed E-state index contributed by atoms with van der Waals surface area (Å²) >= 11 is 1.44. The second-order valence-corrected chi connectivity index (χ2v) is 10.3. The van der Waals surface area contributed by atoms with E-state index in [2.05, 4.69) is 10.2 Å². The molecule has 2 aliphatic rings. The molecule has 4 rings (SSSR count). The van der Waals surface area contributed by atoms with Crippen LogP contribution >= 0.6 is 11.8 Å². The minimum absolute atomic E-state index is 0.107. The van der Waals surface area contributed by atoms with Gasteiger partial charge in [-0.15, -0.1) is 11.8 Å². The molecule has 9 heteroatoms. The third-order valence-corrected chi connectivity index (χ3v) is 8.25. The molecule has 0 aliphatic carbocycles. The van der Waals surface area contributed by atoms with Gasteiger partial charge in [-0.05, 0) is 37.3 Å². The van der Waals surface area contributed by atoms with Crippen LogP contribution in [0.1, 0.15) is 6.92 Å². The summed E-state index contributed by atoms with van der Waals surface area (Å²) in [5.41, 5.74) is 1.58. The fourth-order valence-corrected chi connectivity index (χ4v) is 5.87. The van der Waals surface area contributed by atoms with E-state index < -0.39 is 10.0 Å². The van der Waals surface area contributed by atoms with Gasteiger partial charge in [0.25, 0.3) is 0 Å². The first-order valence-corrected chi connectivity index (χ1v) is 11.7. The zero-order chi connectivity index (χ0) is 20.6. The Bertz CT molecular complexity index is 1030. The van der Waals surface area contributed by atoms with Gasteiger partial charge in [0.15, 0.2) is 0 Å². The normalized spacial score (nSPS) is 20.1. The lowest BCUT2D eigenvalue weighted by Crippen LogP contribution is -2.48. The summed E-state index contributed by atoms with van der Waals surface area (Å²) in [4.78, 5) is 15.2. The standard InChI is InChI=1S/C20H23N3O4S2/c1-14-20(24)21-18-13-17(6-7-19(18)28-14)29(25,26)23-10-8-22(9-11-23)15-4-3-5-16(12-15)27-2/h3-7,12-14H,8-11H2,1-2H3,(H,21,24). The Morgan fingerprint density at radius 1 is 1.10 bits per heavy atom. The van der Waals surface area contributed by atoms with E-state index in [4.69, 9.17) is 4.74 Å². The predicted molar refractivity (Wildman–Crippen MR) is 114 cm³/mol. The molecule has 1 saturated heterocycles. The third-order valence-electron chi connectivity index (χ3n) is 5.18. The van der Waals surface area contributed by atoms with Crippen molar-refractivity contribution >= 4 is 39.1 Å². The first-order valence-electron chi connectivity index (χ1n) is 9.39. The highest BCUT2D eigenvalue weighted by atomic mass is 32.2. The molecule has 0 spiro atoms. The Kier molecular flexibility index (Phi) is 5.46. The van der Waals surface area contributed by atoms with Gasteiger partial charge < -0.3 is 15.0 Å². The number of sulfonamides is 1. The highest BCUT2D eigenvalue weighted by molar-refractivity contribution is 8.01. The number of ether oxygens (including phenoxy) is 1. The molecule has 154 valence electrons. The summed E-state index contributed by atoms with van der Waals surface area (Å²) in [5, 5.41) is 2.62. The Morgan fingerprint density at radius 3 is 2.59 bits per heavy atom. The van der Waals surface area contributed by atoms with Crippen LogP contribution in [0.4, 0.5) is 11.4 Å². The monoisotopic (exact) mass is 433 g/mol. The minimum atomic E-state index is -3.62. The quantitative estimate of drug-likeness (QED) is 0.799. The average Bonchev–Trinajstić information content (AvgIpc) is 2.74. The predicted octanol–water partition coefficient (Wildman–Crippen LogP) is 2.64. The van der Waals surface area contributed by atoms with Gasteiger partial charge in [0.1, 0.15) is 5.75 Å². The van der Waals surface area contributed by atoms with Crippen LogP contribution in [0.5, 0.6) is 5.75 Å². The van der Waals surface area contributed by atoms with Crippen molar-refractivity contribution in [1.82, 2.24) is 4.31 Å². The zero-order valence-electron chi connectivity index (χ0n) is 16.3. The van der Waals surface area contributed by atoms with Crippen LogP contribution in [0.25, 0.3) is 0 Å². The summed E-state index contributed by atoms with van der Waals surface area (Å²) < 4.78 is 33.0. The summed E-state index contributed by atoms with van der Waals surface area (Å²) in [5.74, 6) is 0.671. The van der Waals surface area contributed by atoms with Crippen LogP contribution in [-0.2, 0) is 14.8 Å². The molecule has 29 heavy (non-hydrogen) atoms. The number of piperazine rings is 1. The van der Waals surface area contributed by atoms with Gasteiger partial charge in [0.05, 0.1) is 22.9 Å². The number of methoxy groups -OCH3 is 1. The highest BCUT2D eigenvalue weighted by Gasteiger charge is 2.31. The lowest BCUT2D eigenvalue weighted by molar-refractivity contribution is -0.115. The van der Waals surface area contributed by atoms with Crippen LogP contribution in [0, 0.1) is 0 Å². The van der Waals surface area contributed by atoms with Crippen molar-refractivity contribution < 1.29 is 17.9 Å². The van der Waals surface area contributed by atoms with Crippen LogP contribution < -0.4 is 15.0 Å². The Hall–Kier alpha value is -2.23. The number of benzene rings is 2. The lowest BCUT2D eigenvalue weighted by atomic mass is 10.2. The van der Waals surface area contributed by atoms with Gasteiger partial charge in [-0.3, -0.25) is 4.79 Å². The largest absolute Gasteiger partial charge is 0.497 e. The number of anilines is 2. The number of carbonyl (C=O) groups excluding carboxylic acids is 1. The van der Waals surface area contributed by atoms with E-state index in [0.717, 1.165) is 16.3 Å². The second-order valence-electron chi connectivity index (χ2n) is 7.00. The molecule has 0 aromatic heterocycles. The van der Waals surface area contributed by atoms with Crippen molar-refractivity contribution in [2.24, 2.45) is 0 Å². The Morgan fingerprint density at radius 2 is 1.86 bits per heavy atom. The first kappa shape index (κ1) is 20.1. The number of fused-ring (bicyclic) bond motifs is 1. The fraction of sp³-hybridized carbons (Fsp3) is 0.350. The molecule has 1 unspecified atom stereocenters. The van der Waals surface area contributed by atoms with E-state index in [0.29, 0.717) is 31.9 Å². The lowest BCUT2D eigenvalue weighted by Gasteiger charge is -2.35. The Balaban J connectivity index is 1.49. The van der Waals surface area contributed by atoms with E-state index in [9.17, 15) is 13.2 Å². The molecule has 0 bridgehead atoms. The van der Waals surface area contributed by atoms with Crippen LogP contribution in [0.2, 0.25) is 0 Å². The molecule has 7 nitrogen and oxygen atoms in total. The van der Waals surface area contributed by atoms with E-state index in [1.165, 1.54) is 16.1 Å². The van der Waals surface area contributed by atoms with Gasteiger partial charge in [-0.1, -0.05) is 6.07 Å². The maximum Gasteiger partial charge on any atom is 0.243 e. The van der Waals surface area contributed by atoms with Crippen molar-refractivity contribution in [3.8, 4) is 5.75 Å². The SMILES string of the molecule is COc1cccc(N2CCN(S(=O)(=O)c3ccc4c(c3)NC(=O)C(C)S4)CC2)c1. The molecule has 2 heterocycles. The molecule has 1 atom stereocenters. The van der Waals surface area contributed by atoms with Crippen molar-refractivity contribution in [1.29, 1.82) is 0 Å².